The molecule has 0 fully saturated rings. The fraction of sp³-hybridized carbons (Fsp3) is 1.00. The van der Waals surface area contributed by atoms with E-state index in [0.717, 1.165) is 9.52 Å². The predicted molar refractivity (Wildman–Crippen MR) is 124 cm³/mol. The molecule has 0 heterocycles. The SMILES string of the molecule is C.C.C.C.C.CCC.CCC.C[SiH2]C.C[Si]C.Cl[SiH2]Cl. The Hall–Kier alpha value is 1.23. The zero-order valence-corrected chi connectivity index (χ0v) is 17.4. The highest BCUT2D eigenvalue weighted by atomic mass is 35.7. The zero-order chi connectivity index (χ0) is 13.5. The van der Waals surface area contributed by atoms with Gasteiger partial charge in [-0.15, -0.1) is 0 Å². The Bertz CT molecular complexity index is 32.7. The van der Waals surface area contributed by atoms with E-state index in [9.17, 15) is 0 Å². The van der Waals surface area contributed by atoms with Crippen LogP contribution in [0, 0.1) is 0 Å². The summed E-state index contributed by atoms with van der Waals surface area (Å²) < 4.78 is 0. The normalized spacial score (nSPS) is 4.50. The molecule has 0 aromatic carbocycles. The largest absolute Gasteiger partial charge is 0.222 e. The number of hydrogen-bond donors (Lipinski definition) is 0. The van der Waals surface area contributed by atoms with E-state index in [2.05, 4.69) is 53.9 Å². The summed E-state index contributed by atoms with van der Waals surface area (Å²) in [7, 11) is 0.861. The minimum Gasteiger partial charge on any atom is -0.155 e. The van der Waals surface area contributed by atoms with Crippen molar-refractivity contribution >= 4 is 49.3 Å². The van der Waals surface area contributed by atoms with Crippen LogP contribution in [-0.4, -0.2) is 27.2 Å². The molecule has 0 aromatic rings. The Morgan fingerprint density at radius 2 is 0.700 bits per heavy atom. The average Bonchev–Trinajstić information content (AvgIpc) is 2.09. The van der Waals surface area contributed by atoms with Gasteiger partial charge in [0, 0.05) is 19.0 Å². The highest BCUT2D eigenvalue weighted by molar-refractivity contribution is 7.22. The standard InChI is InChI=1S/2C3H8.C2H8Si.C2H6Si.5CH4.Cl2H2Si/c4*1-3-2;;;;;;1-3-2/h3*3H2,1-2H3;1-2H3;5*1H4;3H2. The van der Waals surface area contributed by atoms with E-state index in [-0.39, 0.29) is 37.1 Å². The van der Waals surface area contributed by atoms with Gasteiger partial charge in [0.25, 0.3) is 0 Å². The van der Waals surface area contributed by atoms with Crippen molar-refractivity contribution in [3.63, 3.8) is 0 Å². The second-order valence-electron chi connectivity index (χ2n) is 2.72. The second kappa shape index (κ2) is 193. The monoisotopic (exact) mass is 386 g/mol. The molecule has 0 saturated heterocycles. The van der Waals surface area contributed by atoms with Gasteiger partial charge in [-0.05, 0) is 0 Å². The molecular weight excluding hydrogens is 335 g/mol. The van der Waals surface area contributed by atoms with Crippen LogP contribution >= 0.6 is 22.2 Å². The summed E-state index contributed by atoms with van der Waals surface area (Å²) in [5.74, 6) is 0. The second-order valence-corrected chi connectivity index (χ2v) is 7.76. The summed E-state index contributed by atoms with van der Waals surface area (Å²) in [5.41, 5.74) is 0. The fourth-order valence-corrected chi connectivity index (χ4v) is 0. The Morgan fingerprint density at radius 3 is 0.700 bits per heavy atom. The Labute approximate surface area is 153 Å². The first-order chi connectivity index (χ1) is 7.07. The van der Waals surface area contributed by atoms with Crippen LogP contribution in [-0.2, 0) is 0 Å². The number of rotatable bonds is 0. The Balaban J connectivity index is -0.00000000735. The molecule has 0 atom stereocenters. The van der Waals surface area contributed by atoms with E-state index in [4.69, 9.17) is 22.2 Å². The fourth-order valence-electron chi connectivity index (χ4n) is 0. The highest BCUT2D eigenvalue weighted by Gasteiger charge is 1.46. The van der Waals surface area contributed by atoms with Gasteiger partial charge in [0.05, 0.1) is 0 Å². The molecule has 0 nitrogen and oxygen atoms in total. The lowest BCUT2D eigenvalue weighted by Crippen LogP contribution is -1.53. The van der Waals surface area contributed by atoms with E-state index < -0.39 is 8.14 Å². The molecular formula is C15H52Cl2Si3. The maximum atomic E-state index is 4.90. The topological polar surface area (TPSA) is 0 Å². The number of hydrogen-bond acceptors (Lipinski definition) is 0. The molecule has 0 amide bonds. The van der Waals surface area contributed by atoms with Crippen molar-refractivity contribution < 1.29 is 0 Å². The lowest BCUT2D eigenvalue weighted by atomic mass is 10.6. The summed E-state index contributed by atoms with van der Waals surface area (Å²) in [6.07, 6.45) is 2.50. The lowest BCUT2D eigenvalue weighted by molar-refractivity contribution is 1.09. The van der Waals surface area contributed by atoms with Gasteiger partial charge < -0.3 is 0 Å². The molecule has 0 unspecified atom stereocenters. The first-order valence-corrected chi connectivity index (χ1v) is 14.9. The third-order valence-corrected chi connectivity index (χ3v) is 0. The first kappa shape index (κ1) is 68.9. The van der Waals surface area contributed by atoms with Crippen LogP contribution in [0.4, 0.5) is 0 Å². The third kappa shape index (κ3) is 4220. The predicted octanol–water partition coefficient (Wildman–Crippen LogP) is 7.51. The summed E-state index contributed by atoms with van der Waals surface area (Å²) in [5, 5.41) is 0. The van der Waals surface area contributed by atoms with Crippen LogP contribution in [0.15, 0.2) is 0 Å². The van der Waals surface area contributed by atoms with Crippen LogP contribution < -0.4 is 0 Å². The van der Waals surface area contributed by atoms with E-state index in [1.54, 1.807) is 0 Å². The maximum absolute atomic E-state index is 4.90. The molecule has 20 heavy (non-hydrogen) atoms. The molecule has 138 valence electrons. The Kier molecular flexibility index (Phi) is 664. The molecule has 0 aliphatic carbocycles. The maximum Gasteiger partial charge on any atom is 0.222 e. The van der Waals surface area contributed by atoms with Crippen LogP contribution in [0.2, 0.25) is 26.2 Å². The van der Waals surface area contributed by atoms with Crippen LogP contribution in [0.3, 0.4) is 0 Å². The molecule has 0 spiro atoms. The smallest absolute Gasteiger partial charge is 0.155 e. The van der Waals surface area contributed by atoms with Crippen molar-refractivity contribution in [2.45, 2.75) is 104 Å². The van der Waals surface area contributed by atoms with Gasteiger partial charge in [0.2, 0.25) is 8.14 Å². The van der Waals surface area contributed by atoms with Crippen molar-refractivity contribution in [3.05, 3.63) is 0 Å². The summed E-state index contributed by atoms with van der Waals surface area (Å²) in [6, 6.07) is 0. The minimum absolute atomic E-state index is 0. The van der Waals surface area contributed by atoms with E-state index in [0.29, 0.717) is 9.52 Å². The molecule has 2 radical (unpaired) electrons. The van der Waals surface area contributed by atoms with Gasteiger partial charge in [-0.2, -0.15) is 22.2 Å². The van der Waals surface area contributed by atoms with Crippen molar-refractivity contribution in [1.29, 1.82) is 0 Å². The molecule has 5 heteroatoms. The highest BCUT2D eigenvalue weighted by Crippen LogP contribution is 1.67. The van der Waals surface area contributed by atoms with Gasteiger partial charge >= 0.3 is 0 Å². The van der Waals surface area contributed by atoms with Crippen LogP contribution in [0.1, 0.15) is 77.7 Å². The van der Waals surface area contributed by atoms with Crippen LogP contribution in [0.25, 0.3) is 0 Å². The lowest BCUT2D eigenvalue weighted by Gasteiger charge is -1.48. The van der Waals surface area contributed by atoms with Crippen molar-refractivity contribution in [1.82, 2.24) is 0 Å². The van der Waals surface area contributed by atoms with Gasteiger partial charge in [-0.1, -0.05) is 104 Å². The summed E-state index contributed by atoms with van der Waals surface area (Å²) in [4.78, 5) is 0. The first-order valence-electron chi connectivity index (χ1n) is 5.78. The van der Waals surface area contributed by atoms with Crippen molar-refractivity contribution in [2.75, 3.05) is 0 Å². The van der Waals surface area contributed by atoms with E-state index in [1.165, 1.54) is 12.8 Å². The molecule has 0 bridgehead atoms. The van der Waals surface area contributed by atoms with Crippen molar-refractivity contribution in [2.24, 2.45) is 0 Å². The molecule has 0 rings (SSSR count). The van der Waals surface area contributed by atoms with E-state index in [1.807, 2.05) is 0 Å². The van der Waals surface area contributed by atoms with E-state index >= 15 is 0 Å². The minimum atomic E-state index is -0.639. The zero-order valence-electron chi connectivity index (χ0n) is 12.1. The molecule has 0 aliphatic heterocycles. The molecule has 0 aromatic heterocycles. The summed E-state index contributed by atoms with van der Waals surface area (Å²) >= 11 is 9.81. The molecule has 0 aliphatic rings. The van der Waals surface area contributed by atoms with Gasteiger partial charge in [-0.3, -0.25) is 0 Å². The quantitative estimate of drug-likeness (QED) is 0.298. The third-order valence-electron chi connectivity index (χ3n) is 0. The van der Waals surface area contributed by atoms with Gasteiger partial charge in [0.1, 0.15) is 0 Å². The van der Waals surface area contributed by atoms with Gasteiger partial charge in [-0.25, -0.2) is 0 Å². The molecule has 0 N–H and O–H groups in total. The molecule has 0 saturated carbocycles. The number of halogens is 2. The summed E-state index contributed by atoms with van der Waals surface area (Å²) in [6.45, 7) is 17.3. The Morgan fingerprint density at radius 1 is 0.700 bits per heavy atom. The van der Waals surface area contributed by atoms with Crippen LogP contribution in [0.5, 0.6) is 0 Å². The van der Waals surface area contributed by atoms with Gasteiger partial charge in [0.15, 0.2) is 0 Å². The average molecular weight is 388 g/mol. The van der Waals surface area contributed by atoms with Crippen molar-refractivity contribution in [3.8, 4) is 0 Å².